The fraction of sp³-hybridized carbons (Fsp3) is 0.385. The van der Waals surface area contributed by atoms with E-state index in [4.69, 9.17) is 0 Å². The lowest BCUT2D eigenvalue weighted by atomic mass is 10.1. The Morgan fingerprint density at radius 2 is 2.11 bits per heavy atom. The third kappa shape index (κ3) is 2.50. The average molecular weight is 324 g/mol. The topological polar surface area (TPSA) is 49.1 Å². The molecule has 3 rings (SSSR count). The molecule has 1 amide bonds. The number of hydrogen-bond donors (Lipinski definition) is 2. The van der Waals surface area contributed by atoms with Crippen LogP contribution in [0.2, 0.25) is 0 Å². The van der Waals surface area contributed by atoms with Crippen molar-refractivity contribution in [3.63, 3.8) is 0 Å². The van der Waals surface area contributed by atoms with E-state index in [1.54, 1.807) is 0 Å². The van der Waals surface area contributed by atoms with E-state index in [0.29, 0.717) is 5.71 Å². The van der Waals surface area contributed by atoms with Gasteiger partial charge in [0.2, 0.25) is 0 Å². The van der Waals surface area contributed by atoms with Gasteiger partial charge in [-0.3, -0.25) is 9.80 Å². The molecule has 2 aliphatic rings. The number of hydrazone groups is 1. The third-order valence-electron chi connectivity index (χ3n) is 3.53. The number of nitrogens with zero attached hydrogens (tertiary/aromatic N) is 2. The molecule has 2 heterocycles. The number of fused-ring (bicyclic) bond motifs is 1. The van der Waals surface area contributed by atoms with E-state index in [0.717, 1.165) is 41.9 Å². The standard InChI is InChI=1S/C13H15BrN4O/c1-17-4-6-18(7-5-17)16-12-10-8-9(14)2-3-11(10)15-13(12)19/h2-3,8H,4-7H2,1H3,(H,15,16,19)/p+1. The van der Waals surface area contributed by atoms with Crippen LogP contribution in [-0.4, -0.2) is 49.9 Å². The first-order chi connectivity index (χ1) is 9.13. The molecule has 5 nitrogen and oxygen atoms in total. The van der Waals surface area contributed by atoms with Gasteiger partial charge in [0.15, 0.2) is 5.71 Å². The number of anilines is 1. The van der Waals surface area contributed by atoms with Gasteiger partial charge in [-0.15, -0.1) is 0 Å². The summed E-state index contributed by atoms with van der Waals surface area (Å²) in [7, 11) is 2.18. The van der Waals surface area contributed by atoms with Crippen LogP contribution in [0.15, 0.2) is 27.8 Å². The number of rotatable bonds is 1. The number of quaternary nitrogens is 1. The van der Waals surface area contributed by atoms with Crippen LogP contribution in [-0.2, 0) is 4.79 Å². The van der Waals surface area contributed by atoms with Crippen LogP contribution in [0.4, 0.5) is 5.69 Å². The van der Waals surface area contributed by atoms with Gasteiger partial charge in [0.1, 0.15) is 0 Å². The number of hydrogen-bond acceptors (Lipinski definition) is 3. The normalized spacial score (nSPS) is 21.7. The zero-order chi connectivity index (χ0) is 13.4. The van der Waals surface area contributed by atoms with Crippen molar-refractivity contribution in [2.75, 3.05) is 38.5 Å². The van der Waals surface area contributed by atoms with Crippen molar-refractivity contribution in [2.24, 2.45) is 5.10 Å². The monoisotopic (exact) mass is 323 g/mol. The summed E-state index contributed by atoms with van der Waals surface area (Å²) in [6.07, 6.45) is 0. The van der Waals surface area contributed by atoms with E-state index in [9.17, 15) is 4.79 Å². The predicted octanol–water partition coefficient (Wildman–Crippen LogP) is -0.0644. The number of piperazine rings is 1. The van der Waals surface area contributed by atoms with Crippen molar-refractivity contribution < 1.29 is 9.69 Å². The molecule has 1 aromatic carbocycles. The summed E-state index contributed by atoms with van der Waals surface area (Å²) in [6.45, 7) is 3.91. The Hall–Kier alpha value is -1.40. The molecule has 0 aliphatic carbocycles. The second-order valence-corrected chi connectivity index (χ2v) is 5.92. The second kappa shape index (κ2) is 4.94. The number of carbonyl (C=O) groups is 1. The van der Waals surface area contributed by atoms with Crippen LogP contribution in [0.1, 0.15) is 5.56 Å². The largest absolute Gasteiger partial charge is 0.334 e. The zero-order valence-corrected chi connectivity index (χ0v) is 12.3. The second-order valence-electron chi connectivity index (χ2n) is 5.00. The van der Waals surface area contributed by atoms with Crippen molar-refractivity contribution in [3.8, 4) is 0 Å². The lowest BCUT2D eigenvalue weighted by molar-refractivity contribution is -0.884. The Labute approximate surface area is 120 Å². The molecule has 0 radical (unpaired) electrons. The van der Waals surface area contributed by atoms with E-state index in [2.05, 4.69) is 33.4 Å². The summed E-state index contributed by atoms with van der Waals surface area (Å²) < 4.78 is 0.957. The molecule has 2 N–H and O–H groups in total. The lowest BCUT2D eigenvalue weighted by Crippen LogP contribution is -3.11. The Bertz CT molecular complexity index is 550. The maximum atomic E-state index is 12.0. The van der Waals surface area contributed by atoms with Crippen molar-refractivity contribution in [3.05, 3.63) is 28.2 Å². The third-order valence-corrected chi connectivity index (χ3v) is 4.03. The lowest BCUT2D eigenvalue weighted by Gasteiger charge is -2.28. The molecule has 0 aromatic heterocycles. The summed E-state index contributed by atoms with van der Waals surface area (Å²) in [5, 5.41) is 9.39. The Morgan fingerprint density at radius 1 is 1.37 bits per heavy atom. The molecule has 1 aromatic rings. The number of benzene rings is 1. The smallest absolute Gasteiger partial charge is 0.276 e. The summed E-state index contributed by atoms with van der Waals surface area (Å²) >= 11 is 3.43. The van der Waals surface area contributed by atoms with E-state index in [-0.39, 0.29) is 5.91 Å². The highest BCUT2D eigenvalue weighted by molar-refractivity contribution is 9.10. The first-order valence-electron chi connectivity index (χ1n) is 6.39. The molecular weight excluding hydrogens is 308 g/mol. The molecule has 1 fully saturated rings. The summed E-state index contributed by atoms with van der Waals surface area (Å²) in [5.41, 5.74) is 2.24. The fourth-order valence-corrected chi connectivity index (χ4v) is 2.70. The fourth-order valence-electron chi connectivity index (χ4n) is 2.34. The number of amides is 1. The SMILES string of the molecule is C[NH+]1CCN(/N=C2\C(=O)Nc3ccc(Br)cc32)CC1. The molecule has 1 saturated heterocycles. The minimum Gasteiger partial charge on any atom is -0.334 e. The highest BCUT2D eigenvalue weighted by atomic mass is 79.9. The number of carbonyl (C=O) groups excluding carboxylic acids is 1. The molecule has 0 spiro atoms. The van der Waals surface area contributed by atoms with Gasteiger partial charge in [-0.2, -0.15) is 5.10 Å². The van der Waals surface area contributed by atoms with Gasteiger partial charge in [0.05, 0.1) is 38.9 Å². The van der Waals surface area contributed by atoms with Crippen LogP contribution in [0.3, 0.4) is 0 Å². The van der Waals surface area contributed by atoms with E-state index < -0.39 is 0 Å². The van der Waals surface area contributed by atoms with Gasteiger partial charge in [0, 0.05) is 10.0 Å². The zero-order valence-electron chi connectivity index (χ0n) is 10.7. The van der Waals surface area contributed by atoms with Crippen LogP contribution in [0, 0.1) is 0 Å². The highest BCUT2D eigenvalue weighted by Gasteiger charge is 2.27. The Balaban J connectivity index is 1.89. The van der Waals surface area contributed by atoms with Crippen molar-refractivity contribution in [1.29, 1.82) is 0 Å². The number of halogens is 1. The molecule has 6 heteroatoms. The summed E-state index contributed by atoms with van der Waals surface area (Å²) in [6, 6.07) is 5.75. The van der Waals surface area contributed by atoms with E-state index in [1.807, 2.05) is 23.2 Å². The number of nitrogens with one attached hydrogen (secondary N) is 2. The van der Waals surface area contributed by atoms with Gasteiger partial charge in [-0.05, 0) is 18.2 Å². The van der Waals surface area contributed by atoms with Crippen LogP contribution < -0.4 is 10.2 Å². The maximum Gasteiger partial charge on any atom is 0.276 e. The van der Waals surface area contributed by atoms with E-state index >= 15 is 0 Å². The molecule has 2 aliphatic heterocycles. The first-order valence-corrected chi connectivity index (χ1v) is 7.19. The van der Waals surface area contributed by atoms with Crippen molar-refractivity contribution >= 4 is 33.2 Å². The molecule has 0 unspecified atom stereocenters. The Morgan fingerprint density at radius 3 is 2.84 bits per heavy atom. The highest BCUT2D eigenvalue weighted by Crippen LogP contribution is 2.27. The van der Waals surface area contributed by atoms with E-state index in [1.165, 1.54) is 4.90 Å². The van der Waals surface area contributed by atoms with Crippen molar-refractivity contribution in [1.82, 2.24) is 5.01 Å². The molecule has 19 heavy (non-hydrogen) atoms. The molecule has 0 saturated carbocycles. The number of likely N-dealkylation sites (N-methyl/N-ethyl adjacent to an activating group) is 1. The summed E-state index contributed by atoms with van der Waals surface area (Å²) in [4.78, 5) is 13.5. The van der Waals surface area contributed by atoms with Gasteiger partial charge >= 0.3 is 0 Å². The van der Waals surface area contributed by atoms with Gasteiger partial charge in [0.25, 0.3) is 5.91 Å². The molecule has 100 valence electrons. The predicted molar refractivity (Wildman–Crippen MR) is 77.5 cm³/mol. The van der Waals surface area contributed by atoms with Crippen molar-refractivity contribution in [2.45, 2.75) is 0 Å². The summed E-state index contributed by atoms with van der Waals surface area (Å²) in [5.74, 6) is -0.112. The molecular formula is C13H16BrN4O+. The molecule has 0 atom stereocenters. The minimum absolute atomic E-state index is 0.112. The van der Waals surface area contributed by atoms with Crippen LogP contribution in [0.5, 0.6) is 0 Å². The van der Waals surface area contributed by atoms with Crippen LogP contribution >= 0.6 is 15.9 Å². The van der Waals surface area contributed by atoms with Crippen LogP contribution in [0.25, 0.3) is 0 Å². The average Bonchev–Trinajstić information content (AvgIpc) is 2.69. The quantitative estimate of drug-likeness (QED) is 0.760. The maximum absolute atomic E-state index is 12.0. The van der Waals surface area contributed by atoms with Gasteiger partial charge in [-0.25, -0.2) is 0 Å². The minimum atomic E-state index is -0.112. The molecule has 0 bridgehead atoms. The Kier molecular flexibility index (Phi) is 3.28. The van der Waals surface area contributed by atoms with Gasteiger partial charge < -0.3 is 10.2 Å². The van der Waals surface area contributed by atoms with Gasteiger partial charge in [-0.1, -0.05) is 15.9 Å². The first kappa shape index (κ1) is 12.6.